The van der Waals surface area contributed by atoms with Crippen LogP contribution in [-0.2, 0) is 18.3 Å². The lowest BCUT2D eigenvalue weighted by Crippen LogP contribution is -2.31. The molecule has 136 valence electrons. The Labute approximate surface area is 151 Å². The number of carbonyl (C=O) groups is 1. The Balaban J connectivity index is 1.67. The summed E-state index contributed by atoms with van der Waals surface area (Å²) in [6, 6.07) is 7.23. The van der Waals surface area contributed by atoms with E-state index in [1.165, 1.54) is 0 Å². The molecule has 1 aromatic carbocycles. The third kappa shape index (κ3) is 3.99. The van der Waals surface area contributed by atoms with Crippen molar-refractivity contribution in [1.82, 2.24) is 24.8 Å². The summed E-state index contributed by atoms with van der Waals surface area (Å²) in [5.41, 5.74) is 1.55. The van der Waals surface area contributed by atoms with Crippen LogP contribution in [0.1, 0.15) is 43.7 Å². The number of para-hydroxylation sites is 2. The number of carbonyl (C=O) groups excluding carboxylic acids is 1. The molecule has 0 aliphatic carbocycles. The maximum Gasteiger partial charge on any atom is 0.270 e. The minimum Gasteiger partial charge on any atom is -0.346 e. The maximum absolute atomic E-state index is 12.4. The van der Waals surface area contributed by atoms with Gasteiger partial charge in [-0.2, -0.15) is 0 Å². The zero-order valence-electron chi connectivity index (χ0n) is 15.0. The first kappa shape index (κ1) is 17.8. The molecule has 1 amide bonds. The van der Waals surface area contributed by atoms with Gasteiger partial charge in [-0.1, -0.05) is 25.5 Å². The van der Waals surface area contributed by atoms with Crippen LogP contribution >= 0.6 is 0 Å². The molecule has 0 radical (unpaired) electrons. The summed E-state index contributed by atoms with van der Waals surface area (Å²) in [4.78, 5) is 36.1. The van der Waals surface area contributed by atoms with E-state index in [0.717, 1.165) is 24.2 Å². The number of nitrogens with zero attached hydrogens (tertiary/aromatic N) is 3. The SMILES string of the molecule is CCC[C@@H](NC(=O)CCc1nc2ccccc2[nH]c1=O)c1nccn1C. The zero-order chi connectivity index (χ0) is 18.5. The fourth-order valence-electron chi connectivity index (χ4n) is 3.00. The normalized spacial score (nSPS) is 12.2. The van der Waals surface area contributed by atoms with Gasteiger partial charge in [0.05, 0.1) is 17.1 Å². The van der Waals surface area contributed by atoms with E-state index in [1.54, 1.807) is 6.20 Å². The predicted molar refractivity (Wildman–Crippen MR) is 99.7 cm³/mol. The van der Waals surface area contributed by atoms with Crippen LogP contribution in [0.15, 0.2) is 41.5 Å². The first-order chi connectivity index (χ1) is 12.6. The van der Waals surface area contributed by atoms with Gasteiger partial charge in [0.1, 0.15) is 11.5 Å². The third-order valence-electron chi connectivity index (χ3n) is 4.34. The van der Waals surface area contributed by atoms with Gasteiger partial charge in [-0.25, -0.2) is 9.97 Å². The number of benzene rings is 1. The van der Waals surface area contributed by atoms with Crippen molar-refractivity contribution in [3.8, 4) is 0 Å². The average Bonchev–Trinajstić information content (AvgIpc) is 3.05. The Hall–Kier alpha value is -2.96. The first-order valence-corrected chi connectivity index (χ1v) is 8.83. The summed E-state index contributed by atoms with van der Waals surface area (Å²) in [6.45, 7) is 2.07. The molecule has 0 unspecified atom stereocenters. The van der Waals surface area contributed by atoms with Crippen molar-refractivity contribution in [3.05, 3.63) is 58.5 Å². The molecule has 0 fully saturated rings. The molecule has 1 atom stereocenters. The summed E-state index contributed by atoms with van der Waals surface area (Å²) < 4.78 is 1.91. The minimum absolute atomic E-state index is 0.110. The maximum atomic E-state index is 12.4. The van der Waals surface area contributed by atoms with E-state index in [-0.39, 0.29) is 23.9 Å². The van der Waals surface area contributed by atoms with E-state index < -0.39 is 0 Å². The topological polar surface area (TPSA) is 92.7 Å². The Morgan fingerprint density at radius 2 is 2.15 bits per heavy atom. The molecule has 7 nitrogen and oxygen atoms in total. The van der Waals surface area contributed by atoms with Gasteiger partial charge in [0, 0.05) is 32.3 Å². The van der Waals surface area contributed by atoms with Gasteiger partial charge in [-0.3, -0.25) is 9.59 Å². The number of aryl methyl sites for hydroxylation is 2. The van der Waals surface area contributed by atoms with Crippen molar-refractivity contribution in [1.29, 1.82) is 0 Å². The molecule has 0 aliphatic heterocycles. The first-order valence-electron chi connectivity index (χ1n) is 8.83. The summed E-state index contributed by atoms with van der Waals surface area (Å²) in [7, 11) is 1.91. The highest BCUT2D eigenvalue weighted by molar-refractivity contribution is 5.77. The highest BCUT2D eigenvalue weighted by Gasteiger charge is 2.18. The molecule has 7 heteroatoms. The fraction of sp³-hybridized carbons (Fsp3) is 0.368. The van der Waals surface area contributed by atoms with Crippen molar-refractivity contribution < 1.29 is 4.79 Å². The number of fused-ring (bicyclic) bond motifs is 1. The molecule has 3 rings (SSSR count). The summed E-state index contributed by atoms with van der Waals surface area (Å²) in [5.74, 6) is 0.725. The molecular formula is C19H23N5O2. The van der Waals surface area contributed by atoms with Gasteiger partial charge in [0.2, 0.25) is 5.91 Å². The van der Waals surface area contributed by atoms with Crippen LogP contribution in [0.3, 0.4) is 0 Å². The molecule has 2 aromatic heterocycles. The van der Waals surface area contributed by atoms with Crippen LogP contribution in [0.5, 0.6) is 0 Å². The molecule has 2 N–H and O–H groups in total. The molecule has 0 bridgehead atoms. The molecule has 0 saturated carbocycles. The number of amides is 1. The average molecular weight is 353 g/mol. The Morgan fingerprint density at radius 3 is 2.88 bits per heavy atom. The third-order valence-corrected chi connectivity index (χ3v) is 4.34. The summed E-state index contributed by atoms with van der Waals surface area (Å²) in [5, 5.41) is 3.03. The number of nitrogens with one attached hydrogen (secondary N) is 2. The number of hydrogen-bond acceptors (Lipinski definition) is 4. The van der Waals surface area contributed by atoms with Crippen LogP contribution in [0, 0.1) is 0 Å². The van der Waals surface area contributed by atoms with E-state index in [4.69, 9.17) is 0 Å². The van der Waals surface area contributed by atoms with Gasteiger partial charge >= 0.3 is 0 Å². The second-order valence-corrected chi connectivity index (χ2v) is 6.33. The molecule has 3 aromatic rings. The van der Waals surface area contributed by atoms with Gasteiger partial charge in [-0.15, -0.1) is 0 Å². The Kier molecular flexibility index (Phi) is 5.46. The van der Waals surface area contributed by atoms with Crippen LogP contribution in [-0.4, -0.2) is 25.4 Å². The fourth-order valence-corrected chi connectivity index (χ4v) is 3.00. The quantitative estimate of drug-likeness (QED) is 0.681. The molecule has 0 spiro atoms. The number of rotatable bonds is 7. The highest BCUT2D eigenvalue weighted by atomic mass is 16.1. The highest BCUT2D eigenvalue weighted by Crippen LogP contribution is 2.16. The lowest BCUT2D eigenvalue weighted by Gasteiger charge is -2.18. The molecular weight excluding hydrogens is 330 g/mol. The van der Waals surface area contributed by atoms with Gasteiger partial charge < -0.3 is 14.9 Å². The Morgan fingerprint density at radius 1 is 1.35 bits per heavy atom. The lowest BCUT2D eigenvalue weighted by atomic mass is 10.1. The van der Waals surface area contributed by atoms with Crippen LogP contribution < -0.4 is 10.9 Å². The molecule has 26 heavy (non-hydrogen) atoms. The number of imidazole rings is 1. The standard InChI is InChI=1S/C19H23N5O2/c1-3-6-15(18-20-11-12-24(18)2)22-17(25)10-9-16-19(26)23-14-8-5-4-7-13(14)21-16/h4-5,7-8,11-12,15H,3,6,9-10H2,1-2H3,(H,22,25)(H,23,26)/t15-/m1/s1. The van der Waals surface area contributed by atoms with Crippen molar-refractivity contribution >= 4 is 16.9 Å². The van der Waals surface area contributed by atoms with Crippen LogP contribution in [0.25, 0.3) is 11.0 Å². The predicted octanol–water partition coefficient (Wildman–Crippen LogP) is 2.25. The number of H-pyrrole nitrogens is 1. The minimum atomic E-state index is -0.245. The van der Waals surface area contributed by atoms with E-state index in [0.29, 0.717) is 17.6 Å². The Bertz CT molecular complexity index is 960. The molecule has 0 saturated heterocycles. The summed E-state index contributed by atoms with van der Waals surface area (Å²) in [6.07, 6.45) is 5.84. The van der Waals surface area contributed by atoms with E-state index >= 15 is 0 Å². The monoisotopic (exact) mass is 353 g/mol. The smallest absolute Gasteiger partial charge is 0.270 e. The van der Waals surface area contributed by atoms with Gasteiger partial charge in [0.15, 0.2) is 0 Å². The van der Waals surface area contributed by atoms with Crippen LogP contribution in [0.4, 0.5) is 0 Å². The second-order valence-electron chi connectivity index (χ2n) is 6.33. The van der Waals surface area contributed by atoms with Crippen molar-refractivity contribution in [2.45, 2.75) is 38.6 Å². The number of aromatic nitrogens is 4. The second kappa shape index (κ2) is 7.95. The summed E-state index contributed by atoms with van der Waals surface area (Å²) >= 11 is 0. The molecule has 0 aliphatic rings. The van der Waals surface area contributed by atoms with E-state index in [9.17, 15) is 9.59 Å². The van der Waals surface area contributed by atoms with Crippen molar-refractivity contribution in [2.24, 2.45) is 7.05 Å². The lowest BCUT2D eigenvalue weighted by molar-refractivity contribution is -0.121. The van der Waals surface area contributed by atoms with Gasteiger partial charge in [0.25, 0.3) is 5.56 Å². The zero-order valence-corrected chi connectivity index (χ0v) is 15.0. The number of hydrogen-bond donors (Lipinski definition) is 2. The number of aromatic amines is 1. The van der Waals surface area contributed by atoms with Crippen molar-refractivity contribution in [2.75, 3.05) is 0 Å². The molecule has 2 heterocycles. The van der Waals surface area contributed by atoms with E-state index in [1.807, 2.05) is 42.1 Å². The largest absolute Gasteiger partial charge is 0.346 e. The van der Waals surface area contributed by atoms with E-state index in [2.05, 4.69) is 27.2 Å². The van der Waals surface area contributed by atoms with Crippen LogP contribution in [0.2, 0.25) is 0 Å². The van der Waals surface area contributed by atoms with Gasteiger partial charge in [-0.05, 0) is 18.6 Å². The van der Waals surface area contributed by atoms with Crippen molar-refractivity contribution in [3.63, 3.8) is 0 Å².